The highest BCUT2D eigenvalue weighted by molar-refractivity contribution is 7.42. The Balaban J connectivity index is 1.19. The van der Waals surface area contributed by atoms with Crippen molar-refractivity contribution in [3.8, 4) is 23.0 Å². The summed E-state index contributed by atoms with van der Waals surface area (Å²) in [5, 5.41) is 1.12. The van der Waals surface area contributed by atoms with Gasteiger partial charge in [-0.25, -0.2) is 0 Å². The first-order chi connectivity index (χ1) is 32.1. The average molecular weight is 889 g/mol. The van der Waals surface area contributed by atoms with Gasteiger partial charge in [0.25, 0.3) is 6.47 Å². The molecule has 2 aliphatic heterocycles. The molecule has 0 aliphatic carbocycles. The number of fused-ring (bicyclic) bond motifs is 14. The highest BCUT2D eigenvalue weighted by Gasteiger charge is 2.44. The van der Waals surface area contributed by atoms with E-state index >= 15 is 0 Å². The topological polar surface area (TPSA) is 117 Å². The molecular weight excluding hydrogens is 840 g/mol. The van der Waals surface area contributed by atoms with Crippen LogP contribution in [0.25, 0.3) is 0 Å². The minimum Gasteiger partial charge on any atom is -0.472 e. The van der Waals surface area contributed by atoms with Crippen LogP contribution in [0.1, 0.15) is 95.5 Å². The summed E-state index contributed by atoms with van der Waals surface area (Å²) in [5.74, 6) is 2.64. The van der Waals surface area contributed by atoms with Gasteiger partial charge in [0.2, 0.25) is 6.79 Å². The van der Waals surface area contributed by atoms with Crippen LogP contribution >= 0.6 is 8.81 Å². The van der Waals surface area contributed by atoms with E-state index in [9.17, 15) is 4.79 Å². The van der Waals surface area contributed by atoms with Gasteiger partial charge in [0.05, 0.1) is 21.7 Å². The molecule has 0 radical (unpaired) electrons. The molecule has 328 valence electrons. The maximum absolute atomic E-state index is 11.7. The Kier molecular flexibility index (Phi) is 9.93. The Morgan fingerprint density at radius 3 is 1.21 bits per heavy atom. The lowest BCUT2D eigenvalue weighted by atomic mass is 9.76. The lowest BCUT2D eigenvalue weighted by molar-refractivity contribution is -0.120. The van der Waals surface area contributed by atoms with Crippen LogP contribution < -0.4 is 24.0 Å². The number of H-pyrrole nitrogens is 4. The fraction of sp³-hybridized carbons (Fsp3) is 0.161. The predicted octanol–water partition coefficient (Wildman–Crippen LogP) is 11.3. The molecular formula is C56H49N4O5P. The molecule has 66 heavy (non-hydrogen) atoms. The van der Waals surface area contributed by atoms with E-state index in [1.165, 1.54) is 0 Å². The Labute approximate surface area is 385 Å². The Morgan fingerprint density at radius 1 is 0.439 bits per heavy atom. The van der Waals surface area contributed by atoms with Crippen molar-refractivity contribution in [1.29, 1.82) is 0 Å². The Hall–Kier alpha value is -7.48. The molecule has 0 fully saturated rings. The van der Waals surface area contributed by atoms with Crippen LogP contribution in [0.2, 0.25) is 0 Å². The van der Waals surface area contributed by atoms with E-state index in [4.69, 9.17) is 18.7 Å². The number of carbonyl (C=O) groups excluding carboxylic acids is 1. The van der Waals surface area contributed by atoms with Crippen LogP contribution in [-0.2, 0) is 26.5 Å². The van der Waals surface area contributed by atoms with Crippen LogP contribution in [0.5, 0.6) is 23.0 Å². The summed E-state index contributed by atoms with van der Waals surface area (Å²) in [7, 11) is 0.147. The van der Waals surface area contributed by atoms with Gasteiger partial charge in [0, 0.05) is 50.9 Å². The predicted molar refractivity (Wildman–Crippen MR) is 259 cm³/mol. The van der Waals surface area contributed by atoms with Gasteiger partial charge in [-0.15, -0.1) is 0 Å². The third-order valence-electron chi connectivity index (χ3n) is 14.4. The van der Waals surface area contributed by atoms with Gasteiger partial charge < -0.3 is 38.7 Å². The molecule has 2 aliphatic rings. The number of aromatic nitrogens is 4. The highest BCUT2D eigenvalue weighted by atomic mass is 31.1. The van der Waals surface area contributed by atoms with E-state index in [0.29, 0.717) is 23.7 Å². The minimum atomic E-state index is -0.802. The molecule has 5 aromatic carbocycles. The summed E-state index contributed by atoms with van der Waals surface area (Å²) in [4.78, 5) is 27.7. The van der Waals surface area contributed by atoms with E-state index in [1.807, 2.05) is 60.7 Å². The quantitative estimate of drug-likeness (QED) is 0.0939. The largest absolute Gasteiger partial charge is 0.472 e. The maximum Gasteiger partial charge on any atom is 0.298 e. The van der Waals surface area contributed by atoms with E-state index < -0.39 is 21.7 Å². The molecule has 0 saturated carbocycles. The lowest BCUT2D eigenvalue weighted by Gasteiger charge is -2.34. The van der Waals surface area contributed by atoms with Crippen molar-refractivity contribution >= 4 is 20.6 Å². The van der Waals surface area contributed by atoms with Gasteiger partial charge in [0.15, 0.2) is 0 Å². The normalized spacial score (nSPS) is 22.1. The van der Waals surface area contributed by atoms with Crippen LogP contribution in [-0.4, -0.2) is 33.2 Å². The molecule has 1 unspecified atom stereocenters. The lowest BCUT2D eigenvalue weighted by Crippen LogP contribution is -2.32. The number of aromatic amines is 4. The van der Waals surface area contributed by atoms with Crippen molar-refractivity contribution in [1.82, 2.24) is 19.9 Å². The third-order valence-corrected chi connectivity index (χ3v) is 15.3. The molecule has 0 saturated heterocycles. The second-order valence-corrected chi connectivity index (χ2v) is 18.9. The molecule has 10 heteroatoms. The van der Waals surface area contributed by atoms with Crippen LogP contribution in [0.3, 0.4) is 0 Å². The molecule has 9 nitrogen and oxygen atoms in total. The number of rotatable bonds is 7. The van der Waals surface area contributed by atoms with Gasteiger partial charge in [-0.2, -0.15) is 0 Å². The summed E-state index contributed by atoms with van der Waals surface area (Å²) in [6, 6.07) is 60.6. The van der Waals surface area contributed by atoms with Crippen molar-refractivity contribution in [2.45, 2.75) is 49.4 Å². The third kappa shape index (κ3) is 6.60. The zero-order valence-electron chi connectivity index (χ0n) is 37.1. The zero-order valence-corrected chi connectivity index (χ0v) is 38.1. The smallest absolute Gasteiger partial charge is 0.298 e. The monoisotopic (exact) mass is 888 g/mol. The van der Waals surface area contributed by atoms with Crippen molar-refractivity contribution < 1.29 is 23.5 Å². The first-order valence-electron chi connectivity index (χ1n) is 22.2. The van der Waals surface area contributed by atoms with Crippen molar-refractivity contribution in [2.75, 3.05) is 6.79 Å². The Morgan fingerprint density at radius 2 is 0.803 bits per heavy atom. The van der Waals surface area contributed by atoms with Crippen molar-refractivity contribution in [2.24, 2.45) is 0 Å². The summed E-state index contributed by atoms with van der Waals surface area (Å²) in [6.07, 6.45) is 0. The summed E-state index contributed by atoms with van der Waals surface area (Å²) < 4.78 is 24.6. The molecule has 0 amide bonds. The van der Waals surface area contributed by atoms with Crippen LogP contribution in [0.15, 0.2) is 176 Å². The standard InChI is InChI=1S/C56H49N4O5P/c1-53(36-12-8-16-40(30-36)62-34-61)45-22-23-47(57-45)54(2)37-13-9-17-41(31-37)63-35-64-42-18-10-14-38(32-42)55(3,49-25-24-48(54)58-49)50-27-29-52(60-50)56(4,51-28-26-46(53)59-51)39-15-11-19-43(33-39)65-66-44-20-6-5-7-21-44/h5-34,57-60,66H,35H2,1-4H3/t53-,54+,55+,56-/m1/s1. The fourth-order valence-electron chi connectivity index (χ4n) is 10.1. The molecule has 0 spiro atoms. The Bertz CT molecular complexity index is 3240. The average Bonchev–Trinajstić information content (AvgIpc) is 4.22. The van der Waals surface area contributed by atoms with Crippen molar-refractivity contribution in [3.63, 3.8) is 0 Å². The molecule has 9 aromatic rings. The second-order valence-electron chi connectivity index (χ2n) is 17.9. The highest BCUT2D eigenvalue weighted by Crippen LogP contribution is 2.49. The van der Waals surface area contributed by atoms with E-state index in [1.54, 1.807) is 6.07 Å². The van der Waals surface area contributed by atoms with Gasteiger partial charge in [-0.1, -0.05) is 78.9 Å². The maximum atomic E-state index is 11.7. The van der Waals surface area contributed by atoms with Gasteiger partial charge >= 0.3 is 0 Å². The summed E-state index contributed by atoms with van der Waals surface area (Å²) >= 11 is 0. The SMILES string of the molecule is C[C@@]1(c2cccc(OC=O)c2)c2ccc([nH]2)[C@]2(C)c3cccc(c3)OCOc3cccc(c3)[C@@](C)(c3ccc2[nH]3)c2ccc([nH]2)[C@](C)(c2cccc(OPc3ccccc3)c2)c2ccc1[nH]2. The van der Waals surface area contributed by atoms with Gasteiger partial charge in [-0.3, -0.25) is 4.79 Å². The van der Waals surface area contributed by atoms with Crippen LogP contribution in [0.4, 0.5) is 0 Å². The summed E-state index contributed by atoms with van der Waals surface area (Å²) in [6.45, 7) is 9.50. The molecule has 14 bridgehead atoms. The van der Waals surface area contributed by atoms with E-state index in [-0.39, 0.29) is 15.6 Å². The minimum absolute atomic E-state index is 0.0404. The summed E-state index contributed by atoms with van der Waals surface area (Å²) in [5.41, 5.74) is 8.88. The number of carbonyl (C=O) groups is 1. The molecule has 4 N–H and O–H groups in total. The van der Waals surface area contributed by atoms with Crippen LogP contribution in [0, 0.1) is 0 Å². The molecule has 11 rings (SSSR count). The molecule has 6 heterocycles. The number of nitrogens with one attached hydrogen (secondary N) is 4. The number of hydrogen-bond acceptors (Lipinski definition) is 5. The molecule has 5 atom stereocenters. The number of hydrogen-bond donors (Lipinski definition) is 4. The first kappa shape index (κ1) is 41.2. The van der Waals surface area contributed by atoms with E-state index in [0.717, 1.165) is 78.9 Å². The number of benzene rings is 5. The van der Waals surface area contributed by atoms with Gasteiger partial charge in [-0.05, 0) is 147 Å². The van der Waals surface area contributed by atoms with Gasteiger partial charge in [0.1, 0.15) is 31.8 Å². The molecule has 4 aromatic heterocycles. The van der Waals surface area contributed by atoms with Crippen molar-refractivity contribution in [3.05, 3.63) is 244 Å². The zero-order chi connectivity index (χ0) is 45.1. The van der Waals surface area contributed by atoms with E-state index in [2.05, 4.69) is 157 Å². The fourth-order valence-corrected chi connectivity index (χ4v) is 10.8. The first-order valence-corrected chi connectivity index (χ1v) is 23.1. The second kappa shape index (κ2) is 15.9. The number of ether oxygens (including phenoxy) is 3.